The van der Waals surface area contributed by atoms with Crippen molar-refractivity contribution in [3.05, 3.63) is 60.2 Å². The van der Waals surface area contributed by atoms with Gasteiger partial charge in [-0.15, -0.1) is 5.10 Å². The quantitative estimate of drug-likeness (QED) is 0.587. The highest BCUT2D eigenvalue weighted by Crippen LogP contribution is 2.29. The van der Waals surface area contributed by atoms with E-state index in [0.29, 0.717) is 23.6 Å². The molecule has 0 unspecified atom stereocenters. The number of fused-ring (bicyclic) bond motifs is 1. The third-order valence-electron chi connectivity index (χ3n) is 3.92. The second-order valence-corrected chi connectivity index (χ2v) is 5.69. The molecule has 9 nitrogen and oxygen atoms in total. The number of carbonyl (C=O) groups is 1. The van der Waals surface area contributed by atoms with E-state index in [1.807, 2.05) is 12.1 Å². The molecule has 4 aromatic rings. The fourth-order valence-corrected chi connectivity index (χ4v) is 2.63. The number of rotatable bonds is 5. The van der Waals surface area contributed by atoms with Crippen LogP contribution in [0.15, 0.2) is 49.1 Å². The molecule has 0 fully saturated rings. The fraction of sp³-hybridized carbons (Fsp3) is 0.118. The van der Waals surface area contributed by atoms with Gasteiger partial charge in [0.25, 0.3) is 0 Å². The molecule has 2 aromatic carbocycles. The highest BCUT2D eigenvalue weighted by Gasteiger charge is 2.12. The van der Waals surface area contributed by atoms with Gasteiger partial charge in [0.1, 0.15) is 29.7 Å². The number of carboxylic acids is 1. The molecule has 4 rings (SSSR count). The molecule has 0 bridgehead atoms. The summed E-state index contributed by atoms with van der Waals surface area (Å²) >= 11 is 0. The highest BCUT2D eigenvalue weighted by atomic mass is 16.5. The van der Waals surface area contributed by atoms with Crippen molar-refractivity contribution in [2.75, 3.05) is 0 Å². The van der Waals surface area contributed by atoms with E-state index < -0.39 is 5.97 Å². The largest absolute Gasteiger partial charge is 0.478 e. The van der Waals surface area contributed by atoms with Crippen LogP contribution in [0.5, 0.6) is 11.5 Å². The molecule has 0 spiro atoms. The lowest BCUT2D eigenvalue weighted by Crippen LogP contribution is -2.05. The minimum atomic E-state index is -1.00. The normalized spacial score (nSPS) is 11.0. The maximum Gasteiger partial charge on any atom is 0.335 e. The predicted octanol–water partition coefficient (Wildman–Crippen LogP) is 2.10. The van der Waals surface area contributed by atoms with E-state index in [1.54, 1.807) is 40.9 Å². The van der Waals surface area contributed by atoms with Gasteiger partial charge in [-0.25, -0.2) is 19.1 Å². The molecule has 0 aliphatic carbocycles. The molecule has 1 N–H and O–H groups in total. The Hall–Kier alpha value is -3.75. The SMILES string of the molecule is Cn1nnc2ccc(Oc3ccc(C(=O)O)cc3Cn3cncn3)cc21. The van der Waals surface area contributed by atoms with Crippen molar-refractivity contribution < 1.29 is 14.6 Å². The summed E-state index contributed by atoms with van der Waals surface area (Å²) < 4.78 is 9.26. The predicted molar refractivity (Wildman–Crippen MR) is 91.1 cm³/mol. The summed E-state index contributed by atoms with van der Waals surface area (Å²) in [5, 5.41) is 21.3. The highest BCUT2D eigenvalue weighted by molar-refractivity contribution is 5.88. The lowest BCUT2D eigenvalue weighted by Gasteiger charge is -2.12. The maximum absolute atomic E-state index is 11.3. The van der Waals surface area contributed by atoms with Gasteiger partial charge in [0.2, 0.25) is 0 Å². The Morgan fingerprint density at radius 1 is 1.23 bits per heavy atom. The van der Waals surface area contributed by atoms with Crippen LogP contribution in [-0.2, 0) is 13.6 Å². The number of nitrogens with zero attached hydrogens (tertiary/aromatic N) is 6. The molecule has 0 atom stereocenters. The molecule has 0 aliphatic heterocycles. The Morgan fingerprint density at radius 3 is 2.88 bits per heavy atom. The summed E-state index contributed by atoms with van der Waals surface area (Å²) in [6, 6.07) is 10.2. The summed E-state index contributed by atoms with van der Waals surface area (Å²) in [6.07, 6.45) is 2.98. The zero-order chi connectivity index (χ0) is 18.1. The average Bonchev–Trinajstić information content (AvgIpc) is 3.26. The smallest absolute Gasteiger partial charge is 0.335 e. The lowest BCUT2D eigenvalue weighted by molar-refractivity contribution is 0.0696. The number of hydrogen-bond donors (Lipinski definition) is 1. The van der Waals surface area contributed by atoms with Crippen LogP contribution in [0.4, 0.5) is 0 Å². The zero-order valence-electron chi connectivity index (χ0n) is 13.8. The number of aromatic nitrogens is 6. The van der Waals surface area contributed by atoms with E-state index in [4.69, 9.17) is 4.74 Å². The molecule has 0 aliphatic rings. The van der Waals surface area contributed by atoms with Crippen molar-refractivity contribution in [3.8, 4) is 11.5 Å². The third kappa shape index (κ3) is 2.97. The first kappa shape index (κ1) is 15.8. The van der Waals surface area contributed by atoms with Gasteiger partial charge in [0, 0.05) is 18.7 Å². The summed E-state index contributed by atoms with van der Waals surface area (Å²) in [5.74, 6) is 0.143. The van der Waals surface area contributed by atoms with Crippen molar-refractivity contribution >= 4 is 17.0 Å². The van der Waals surface area contributed by atoms with Crippen LogP contribution >= 0.6 is 0 Å². The molecule has 9 heteroatoms. The van der Waals surface area contributed by atoms with E-state index in [-0.39, 0.29) is 5.56 Å². The Morgan fingerprint density at radius 2 is 2.12 bits per heavy atom. The van der Waals surface area contributed by atoms with Crippen LogP contribution in [0.2, 0.25) is 0 Å². The Bertz CT molecular complexity index is 1090. The average molecular weight is 350 g/mol. The van der Waals surface area contributed by atoms with Gasteiger partial charge in [0.05, 0.1) is 17.6 Å². The number of carboxylic acid groups (broad SMARTS) is 1. The molecule has 0 saturated carbocycles. The number of hydrogen-bond acceptors (Lipinski definition) is 6. The van der Waals surface area contributed by atoms with Crippen molar-refractivity contribution in [2.45, 2.75) is 6.54 Å². The Labute approximate surface area is 147 Å². The maximum atomic E-state index is 11.3. The van der Waals surface area contributed by atoms with Crippen LogP contribution in [0.25, 0.3) is 11.0 Å². The fourth-order valence-electron chi connectivity index (χ4n) is 2.63. The van der Waals surface area contributed by atoms with Crippen LogP contribution in [0.3, 0.4) is 0 Å². The molecular weight excluding hydrogens is 336 g/mol. The molecule has 130 valence electrons. The van der Waals surface area contributed by atoms with Gasteiger partial charge < -0.3 is 9.84 Å². The van der Waals surface area contributed by atoms with Crippen molar-refractivity contribution in [3.63, 3.8) is 0 Å². The van der Waals surface area contributed by atoms with Crippen LogP contribution in [0.1, 0.15) is 15.9 Å². The van der Waals surface area contributed by atoms with Gasteiger partial charge in [0.15, 0.2) is 0 Å². The van der Waals surface area contributed by atoms with Crippen LogP contribution < -0.4 is 4.74 Å². The van der Waals surface area contributed by atoms with Crippen molar-refractivity contribution in [2.24, 2.45) is 7.05 Å². The van der Waals surface area contributed by atoms with Crippen LogP contribution in [0, 0.1) is 0 Å². The molecule has 2 heterocycles. The van der Waals surface area contributed by atoms with Crippen molar-refractivity contribution in [1.29, 1.82) is 0 Å². The third-order valence-corrected chi connectivity index (χ3v) is 3.92. The minimum absolute atomic E-state index is 0.179. The summed E-state index contributed by atoms with van der Waals surface area (Å²) in [7, 11) is 1.80. The topological polar surface area (TPSA) is 108 Å². The molecule has 0 saturated heterocycles. The standard InChI is InChI=1S/C17H14N6O3/c1-22-15-7-13(3-4-14(15)20-21-22)26-16-5-2-11(17(24)25)6-12(16)8-23-10-18-9-19-23/h2-7,9-10H,8H2,1H3,(H,24,25). The zero-order valence-corrected chi connectivity index (χ0v) is 13.8. The first-order chi connectivity index (χ1) is 12.6. The van der Waals surface area contributed by atoms with E-state index >= 15 is 0 Å². The van der Waals surface area contributed by atoms with Gasteiger partial charge in [-0.2, -0.15) is 5.10 Å². The lowest BCUT2D eigenvalue weighted by atomic mass is 10.1. The van der Waals surface area contributed by atoms with E-state index in [2.05, 4.69) is 20.4 Å². The van der Waals surface area contributed by atoms with E-state index in [1.165, 1.54) is 12.4 Å². The second-order valence-electron chi connectivity index (χ2n) is 5.69. The molecule has 26 heavy (non-hydrogen) atoms. The van der Waals surface area contributed by atoms with Gasteiger partial charge in [-0.3, -0.25) is 0 Å². The van der Waals surface area contributed by atoms with Crippen LogP contribution in [-0.4, -0.2) is 40.8 Å². The number of aromatic carboxylic acids is 1. The van der Waals surface area contributed by atoms with E-state index in [0.717, 1.165) is 11.0 Å². The van der Waals surface area contributed by atoms with Gasteiger partial charge in [-0.1, -0.05) is 5.21 Å². The Kier molecular flexibility index (Phi) is 3.81. The summed E-state index contributed by atoms with van der Waals surface area (Å²) in [4.78, 5) is 15.2. The van der Waals surface area contributed by atoms with E-state index in [9.17, 15) is 9.90 Å². The second kappa shape index (κ2) is 6.28. The molecule has 2 aromatic heterocycles. The molecule has 0 amide bonds. The summed E-state index contributed by atoms with van der Waals surface area (Å²) in [6.45, 7) is 0.339. The first-order valence-corrected chi connectivity index (χ1v) is 7.76. The first-order valence-electron chi connectivity index (χ1n) is 7.76. The van der Waals surface area contributed by atoms with Gasteiger partial charge in [-0.05, 0) is 30.3 Å². The number of aryl methyl sites for hydroxylation is 1. The Balaban J connectivity index is 1.71. The summed E-state index contributed by atoms with van der Waals surface area (Å²) in [5.41, 5.74) is 2.46. The number of ether oxygens (including phenoxy) is 1. The monoisotopic (exact) mass is 350 g/mol. The number of benzene rings is 2. The molecule has 0 radical (unpaired) electrons. The van der Waals surface area contributed by atoms with Gasteiger partial charge >= 0.3 is 5.97 Å². The molecular formula is C17H14N6O3. The minimum Gasteiger partial charge on any atom is -0.478 e. The van der Waals surface area contributed by atoms with Crippen molar-refractivity contribution in [1.82, 2.24) is 29.8 Å².